The first kappa shape index (κ1) is 12.4. The number of rotatable bonds is 5. The van der Waals surface area contributed by atoms with Crippen molar-refractivity contribution >= 4 is 11.7 Å². The third-order valence-corrected chi connectivity index (χ3v) is 2.67. The first-order valence-electron chi connectivity index (χ1n) is 5.99. The van der Waals surface area contributed by atoms with Crippen molar-refractivity contribution in [2.45, 2.75) is 19.3 Å². The molecule has 0 aliphatic rings. The van der Waals surface area contributed by atoms with Crippen LogP contribution >= 0.6 is 0 Å². The van der Waals surface area contributed by atoms with Crippen molar-refractivity contribution in [2.75, 3.05) is 24.7 Å². The smallest absolute Gasteiger partial charge is 0.317 e. The van der Waals surface area contributed by atoms with E-state index in [1.165, 1.54) is 5.56 Å². The number of aryl methyl sites for hydroxylation is 2. The van der Waals surface area contributed by atoms with E-state index in [-0.39, 0.29) is 0 Å². The van der Waals surface area contributed by atoms with Gasteiger partial charge in [-0.3, -0.25) is 0 Å². The molecule has 1 heterocycles. The Morgan fingerprint density at radius 1 is 1.11 bits per heavy atom. The molecule has 1 aromatic heterocycles. The summed E-state index contributed by atoms with van der Waals surface area (Å²) < 4.78 is 5.49. The molecule has 2 N–H and O–H groups in total. The van der Waals surface area contributed by atoms with Gasteiger partial charge in [-0.2, -0.15) is 0 Å². The van der Waals surface area contributed by atoms with Gasteiger partial charge in [-0.15, -0.1) is 5.10 Å². The minimum absolute atomic E-state index is 0.553. The van der Waals surface area contributed by atoms with Crippen LogP contribution in [0.25, 0.3) is 0 Å². The van der Waals surface area contributed by atoms with Crippen molar-refractivity contribution in [3.05, 3.63) is 35.7 Å². The Kier molecular flexibility index (Phi) is 3.82. The normalized spacial score (nSPS) is 10.6. The molecule has 0 saturated carbocycles. The molecule has 96 valence electrons. The van der Waals surface area contributed by atoms with E-state index in [9.17, 15) is 0 Å². The van der Waals surface area contributed by atoms with Crippen molar-refractivity contribution in [2.24, 2.45) is 0 Å². The maximum absolute atomic E-state index is 5.64. The second kappa shape index (κ2) is 5.53. The highest BCUT2D eigenvalue weighted by molar-refractivity contribution is 5.39. The number of hydrogen-bond donors (Lipinski definition) is 1. The first-order chi connectivity index (χ1) is 8.65. The van der Waals surface area contributed by atoms with Crippen molar-refractivity contribution in [3.63, 3.8) is 0 Å². The van der Waals surface area contributed by atoms with Crippen LogP contribution in [0.4, 0.5) is 11.7 Å². The molecule has 0 amide bonds. The lowest BCUT2D eigenvalue weighted by Gasteiger charge is -2.03. The average Bonchev–Trinajstić information content (AvgIpc) is 2.81. The Morgan fingerprint density at radius 2 is 1.83 bits per heavy atom. The average molecular weight is 246 g/mol. The fraction of sp³-hybridized carbons (Fsp3) is 0.385. The van der Waals surface area contributed by atoms with Crippen LogP contribution in [0.2, 0.25) is 0 Å². The molecule has 2 aromatic rings. The van der Waals surface area contributed by atoms with Gasteiger partial charge >= 0.3 is 6.01 Å². The quantitative estimate of drug-likeness (QED) is 0.816. The molecule has 0 saturated heterocycles. The number of benzene rings is 1. The standard InChI is InChI=1S/C13H18N4O/c1-17(2)13-16-15-12(18-13)5-3-4-10-6-8-11(14)9-7-10/h6-9H,3-5,14H2,1-2H3. The molecule has 0 fully saturated rings. The first-order valence-corrected chi connectivity index (χ1v) is 5.99. The van der Waals surface area contributed by atoms with Crippen LogP contribution in [0.3, 0.4) is 0 Å². The molecule has 0 spiro atoms. The second-order valence-corrected chi connectivity index (χ2v) is 4.47. The van der Waals surface area contributed by atoms with Crippen LogP contribution in [0.5, 0.6) is 0 Å². The van der Waals surface area contributed by atoms with Gasteiger partial charge in [0.15, 0.2) is 0 Å². The highest BCUT2D eigenvalue weighted by Gasteiger charge is 2.06. The monoisotopic (exact) mass is 246 g/mol. The minimum atomic E-state index is 0.553. The largest absolute Gasteiger partial charge is 0.408 e. The zero-order valence-corrected chi connectivity index (χ0v) is 10.8. The van der Waals surface area contributed by atoms with Crippen LogP contribution < -0.4 is 10.6 Å². The summed E-state index contributed by atoms with van der Waals surface area (Å²) in [6.45, 7) is 0. The van der Waals surface area contributed by atoms with Gasteiger partial charge in [0.05, 0.1) is 0 Å². The van der Waals surface area contributed by atoms with Gasteiger partial charge < -0.3 is 15.1 Å². The van der Waals surface area contributed by atoms with Crippen molar-refractivity contribution in [1.29, 1.82) is 0 Å². The van der Waals surface area contributed by atoms with Crippen LogP contribution in [0.15, 0.2) is 28.7 Å². The molecule has 5 nitrogen and oxygen atoms in total. The van der Waals surface area contributed by atoms with E-state index in [0.717, 1.165) is 24.9 Å². The van der Waals surface area contributed by atoms with Gasteiger partial charge in [-0.1, -0.05) is 17.2 Å². The summed E-state index contributed by atoms with van der Waals surface area (Å²) in [5, 5.41) is 7.95. The summed E-state index contributed by atoms with van der Waals surface area (Å²) in [5.41, 5.74) is 7.71. The minimum Gasteiger partial charge on any atom is -0.408 e. The van der Waals surface area contributed by atoms with Crippen LogP contribution in [-0.2, 0) is 12.8 Å². The summed E-state index contributed by atoms with van der Waals surface area (Å²) in [5.74, 6) is 0.689. The lowest BCUT2D eigenvalue weighted by Crippen LogP contribution is -2.08. The second-order valence-electron chi connectivity index (χ2n) is 4.47. The molecule has 0 radical (unpaired) electrons. The highest BCUT2D eigenvalue weighted by Crippen LogP contribution is 2.12. The van der Waals surface area contributed by atoms with Crippen LogP contribution in [-0.4, -0.2) is 24.3 Å². The predicted octanol–water partition coefficient (Wildman–Crippen LogP) is 1.89. The van der Waals surface area contributed by atoms with Crippen molar-refractivity contribution < 1.29 is 4.42 Å². The number of nitrogens with zero attached hydrogens (tertiary/aromatic N) is 3. The molecule has 0 aliphatic carbocycles. The predicted molar refractivity (Wildman–Crippen MR) is 71.5 cm³/mol. The van der Waals surface area contributed by atoms with E-state index in [4.69, 9.17) is 10.2 Å². The zero-order valence-electron chi connectivity index (χ0n) is 10.8. The van der Waals surface area contributed by atoms with Gasteiger partial charge in [-0.25, -0.2) is 0 Å². The maximum Gasteiger partial charge on any atom is 0.317 e. The lowest BCUT2D eigenvalue weighted by atomic mass is 10.1. The van der Waals surface area contributed by atoms with E-state index in [1.807, 2.05) is 38.4 Å². The van der Waals surface area contributed by atoms with E-state index in [1.54, 1.807) is 4.90 Å². The molecule has 0 aliphatic heterocycles. The molecule has 0 atom stereocenters. The van der Waals surface area contributed by atoms with Gasteiger partial charge in [-0.05, 0) is 30.5 Å². The molecule has 1 aromatic carbocycles. The number of aromatic nitrogens is 2. The molecule has 2 rings (SSSR count). The number of anilines is 2. The summed E-state index contributed by atoms with van der Waals surface area (Å²) in [7, 11) is 3.76. The van der Waals surface area contributed by atoms with Crippen LogP contribution in [0.1, 0.15) is 17.9 Å². The van der Waals surface area contributed by atoms with Crippen molar-refractivity contribution in [1.82, 2.24) is 10.2 Å². The van der Waals surface area contributed by atoms with Gasteiger partial charge in [0.2, 0.25) is 5.89 Å². The fourth-order valence-corrected chi connectivity index (χ4v) is 1.65. The summed E-state index contributed by atoms with van der Waals surface area (Å²) in [6, 6.07) is 8.50. The van der Waals surface area contributed by atoms with Gasteiger partial charge in [0.1, 0.15) is 0 Å². The molecule has 5 heteroatoms. The number of hydrogen-bond acceptors (Lipinski definition) is 5. The third-order valence-electron chi connectivity index (χ3n) is 2.67. The zero-order chi connectivity index (χ0) is 13.0. The Labute approximate surface area is 107 Å². The number of nitrogen functional groups attached to an aromatic ring is 1. The molecular formula is C13H18N4O. The van der Waals surface area contributed by atoms with Gasteiger partial charge in [0.25, 0.3) is 0 Å². The SMILES string of the molecule is CN(C)c1nnc(CCCc2ccc(N)cc2)o1. The Morgan fingerprint density at radius 3 is 2.44 bits per heavy atom. The topological polar surface area (TPSA) is 68.2 Å². The third kappa shape index (κ3) is 3.23. The lowest BCUT2D eigenvalue weighted by molar-refractivity contribution is 0.487. The molecular weight excluding hydrogens is 228 g/mol. The van der Waals surface area contributed by atoms with Crippen molar-refractivity contribution in [3.8, 4) is 0 Å². The van der Waals surface area contributed by atoms with Gasteiger partial charge in [0, 0.05) is 26.2 Å². The summed E-state index contributed by atoms with van der Waals surface area (Å²) in [6.07, 6.45) is 2.77. The molecule has 18 heavy (non-hydrogen) atoms. The van der Waals surface area contributed by atoms with E-state index in [0.29, 0.717) is 11.9 Å². The van der Waals surface area contributed by atoms with Crippen LogP contribution in [0, 0.1) is 0 Å². The maximum atomic E-state index is 5.64. The van der Waals surface area contributed by atoms with E-state index in [2.05, 4.69) is 10.2 Å². The fourth-order valence-electron chi connectivity index (χ4n) is 1.65. The van der Waals surface area contributed by atoms with E-state index >= 15 is 0 Å². The molecule has 0 bridgehead atoms. The summed E-state index contributed by atoms with van der Waals surface area (Å²) >= 11 is 0. The Bertz CT molecular complexity index is 490. The highest BCUT2D eigenvalue weighted by atomic mass is 16.4. The number of nitrogens with two attached hydrogens (primary N) is 1. The Hall–Kier alpha value is -2.04. The summed E-state index contributed by atoms with van der Waals surface area (Å²) in [4.78, 5) is 1.80. The molecule has 0 unspecified atom stereocenters. The van der Waals surface area contributed by atoms with E-state index < -0.39 is 0 Å². The Balaban J connectivity index is 1.82.